The summed E-state index contributed by atoms with van der Waals surface area (Å²) in [4.78, 5) is 80.9. The zero-order valence-electron chi connectivity index (χ0n) is 32.6. The first kappa shape index (κ1) is 43.2. The molecule has 2 aliphatic carbocycles. The Morgan fingerprint density at radius 3 is 2.32 bits per heavy atom. The molecule has 59 heavy (non-hydrogen) atoms. The quantitative estimate of drug-likeness (QED) is 0.142. The molecule has 2 aromatic carbocycles. The van der Waals surface area contributed by atoms with E-state index in [4.69, 9.17) is 9.47 Å². The van der Waals surface area contributed by atoms with Gasteiger partial charge in [-0.15, -0.1) is 0 Å². The first-order chi connectivity index (χ1) is 27.7. The van der Waals surface area contributed by atoms with Gasteiger partial charge in [0.2, 0.25) is 31.9 Å². The number of hydrogen-bond acceptors (Lipinski definition) is 13. The van der Waals surface area contributed by atoms with E-state index in [2.05, 4.69) is 15.4 Å². The number of ether oxygens (including phenoxy) is 2. The monoisotopic (exact) mass is 858 g/mol. The van der Waals surface area contributed by atoms with Crippen LogP contribution in [0.1, 0.15) is 69.7 Å². The van der Waals surface area contributed by atoms with Gasteiger partial charge in [0.15, 0.2) is 4.90 Å². The highest BCUT2D eigenvalue weighted by atomic mass is 32.2. The molecule has 0 radical (unpaired) electrons. The normalized spacial score (nSPS) is 25.6. The number of nitro groups is 1. The number of alkyl carbamates (subject to hydrolysis) is 1. The first-order valence-electron chi connectivity index (χ1n) is 19.1. The number of rotatable bonds is 9. The van der Waals surface area contributed by atoms with Crippen LogP contribution in [0.4, 0.5) is 10.5 Å². The molecule has 0 bridgehead atoms. The van der Waals surface area contributed by atoms with Gasteiger partial charge < -0.3 is 25.0 Å². The maximum atomic E-state index is 14.8. The molecular weight excluding hydrogens is 813 g/mol. The number of esters is 1. The van der Waals surface area contributed by atoms with Crippen molar-refractivity contribution in [3.8, 4) is 0 Å². The molecule has 2 saturated carbocycles. The van der Waals surface area contributed by atoms with Crippen molar-refractivity contribution in [2.45, 2.75) is 98.8 Å². The molecule has 2 aromatic rings. The maximum absolute atomic E-state index is 14.8. The van der Waals surface area contributed by atoms with Crippen molar-refractivity contribution in [3.05, 3.63) is 82.4 Å². The lowest BCUT2D eigenvalue weighted by Gasteiger charge is -2.32. The van der Waals surface area contributed by atoms with E-state index in [0.29, 0.717) is 12.8 Å². The van der Waals surface area contributed by atoms with Crippen molar-refractivity contribution in [3.63, 3.8) is 0 Å². The highest BCUT2D eigenvalue weighted by molar-refractivity contribution is 7.91. The second-order valence-corrected chi connectivity index (χ2v) is 19.8. The highest BCUT2D eigenvalue weighted by Gasteiger charge is 2.62. The standard InChI is InChI=1S/C38H46N6O13S2/c1-37(2,3)57-36(49)39-28-23-42(59(54,55)31-16-10-9-15-29(31)44(50)51)19-11-5-8-14-25-21-38(25,35(48)41-58(52,53)27-17-18-27)40-32(45)30-20-26(22-43(30)33(28)46)56-34(47)24-12-6-4-7-13-24/h4,6-10,12-16,25-28,30H,5,11,17-23H2,1-3H3,(H,39,49)(H,40,45)(H,41,48)/t25-,26-,28+,30+,38-/m1/s1. The third kappa shape index (κ3) is 9.90. The highest BCUT2D eigenvalue weighted by Crippen LogP contribution is 2.46. The molecule has 1 saturated heterocycles. The zero-order valence-corrected chi connectivity index (χ0v) is 34.2. The van der Waals surface area contributed by atoms with Gasteiger partial charge in [0.1, 0.15) is 29.3 Å². The van der Waals surface area contributed by atoms with E-state index >= 15 is 0 Å². The second kappa shape index (κ2) is 16.7. The number of nitrogens with zero attached hydrogens (tertiary/aromatic N) is 3. The lowest BCUT2D eigenvalue weighted by atomic mass is 10.1. The number of para-hydroxylation sites is 1. The molecule has 6 rings (SSSR count). The number of carbonyl (C=O) groups excluding carboxylic acids is 5. The fourth-order valence-corrected chi connectivity index (χ4v) is 10.1. The third-order valence-corrected chi connectivity index (χ3v) is 14.0. The number of amides is 4. The predicted octanol–water partition coefficient (Wildman–Crippen LogP) is 2.14. The van der Waals surface area contributed by atoms with Gasteiger partial charge in [0, 0.05) is 31.5 Å². The molecule has 318 valence electrons. The summed E-state index contributed by atoms with van der Waals surface area (Å²) < 4.78 is 68.5. The molecule has 21 heteroatoms. The molecule has 0 aromatic heterocycles. The van der Waals surface area contributed by atoms with Crippen LogP contribution in [0.2, 0.25) is 0 Å². The van der Waals surface area contributed by atoms with Crippen molar-refractivity contribution in [1.29, 1.82) is 0 Å². The summed E-state index contributed by atoms with van der Waals surface area (Å²) in [6.07, 6.45) is 1.71. The van der Waals surface area contributed by atoms with Gasteiger partial charge in [0.25, 0.3) is 11.6 Å². The van der Waals surface area contributed by atoms with E-state index in [1.165, 1.54) is 24.3 Å². The van der Waals surface area contributed by atoms with Gasteiger partial charge in [-0.1, -0.05) is 42.5 Å². The Bertz CT molecular complexity index is 2260. The van der Waals surface area contributed by atoms with Crippen LogP contribution >= 0.6 is 0 Å². The van der Waals surface area contributed by atoms with Crippen LogP contribution in [-0.4, -0.2) is 115 Å². The van der Waals surface area contributed by atoms with Gasteiger partial charge in [-0.3, -0.25) is 29.2 Å². The molecule has 5 atom stereocenters. The van der Waals surface area contributed by atoms with Crippen molar-refractivity contribution in [1.82, 2.24) is 24.6 Å². The topological polar surface area (TPSA) is 258 Å². The number of nitrogens with one attached hydrogen (secondary N) is 3. The van der Waals surface area contributed by atoms with Gasteiger partial charge in [-0.05, 0) is 71.1 Å². The van der Waals surface area contributed by atoms with Crippen LogP contribution in [0, 0.1) is 16.0 Å². The number of nitro benzene ring substituents is 1. The van der Waals surface area contributed by atoms with E-state index < -0.39 is 119 Å². The molecule has 19 nitrogen and oxygen atoms in total. The fraction of sp³-hybridized carbons (Fsp3) is 0.500. The van der Waals surface area contributed by atoms with E-state index in [1.807, 2.05) is 0 Å². The zero-order chi connectivity index (χ0) is 42.9. The fourth-order valence-electron chi connectivity index (χ4n) is 7.10. The summed E-state index contributed by atoms with van der Waals surface area (Å²) >= 11 is 0. The Kier molecular flexibility index (Phi) is 12.2. The third-order valence-electron chi connectivity index (χ3n) is 10.3. The van der Waals surface area contributed by atoms with Gasteiger partial charge >= 0.3 is 12.1 Å². The van der Waals surface area contributed by atoms with E-state index in [0.717, 1.165) is 21.3 Å². The molecule has 0 unspecified atom stereocenters. The van der Waals surface area contributed by atoms with E-state index in [9.17, 15) is 50.9 Å². The molecule has 0 spiro atoms. The number of carbonyl (C=O) groups is 5. The van der Waals surface area contributed by atoms with Crippen LogP contribution < -0.4 is 15.4 Å². The number of hydrogen-bond donors (Lipinski definition) is 3. The minimum Gasteiger partial charge on any atom is -0.457 e. The summed E-state index contributed by atoms with van der Waals surface area (Å²) in [5.41, 5.74) is -3.37. The summed E-state index contributed by atoms with van der Waals surface area (Å²) in [5.74, 6) is -4.35. The van der Waals surface area contributed by atoms with Gasteiger partial charge in [0.05, 0.1) is 22.3 Å². The SMILES string of the molecule is CC(C)(C)OC(=O)N[C@H]1CN(S(=O)(=O)c2ccccc2[N+](=O)[O-])CCCC=C[C@@H]2C[C@@]2(C(=O)NS(=O)(=O)C2CC2)NC(=O)[C@@H]2C[C@@H](OC(=O)c3ccccc3)CN2C1=O. The van der Waals surface area contributed by atoms with Crippen LogP contribution in [0.3, 0.4) is 0 Å². The van der Waals surface area contributed by atoms with Crippen molar-refractivity contribution in [2.24, 2.45) is 5.92 Å². The smallest absolute Gasteiger partial charge is 0.408 e. The minimum atomic E-state index is -4.76. The van der Waals surface area contributed by atoms with Crippen LogP contribution in [0.15, 0.2) is 71.6 Å². The molecule has 3 N–H and O–H groups in total. The number of sulfonamides is 2. The molecule has 4 aliphatic rings. The number of allylic oxidation sites excluding steroid dienone is 1. The Balaban J connectivity index is 1.41. The van der Waals surface area contributed by atoms with Crippen molar-refractivity contribution < 1.29 is 55.2 Å². The van der Waals surface area contributed by atoms with Gasteiger partial charge in [-0.25, -0.2) is 26.4 Å². The predicted molar refractivity (Wildman–Crippen MR) is 208 cm³/mol. The average Bonchev–Trinajstić information content (AvgIpc) is 4.09. The Morgan fingerprint density at radius 2 is 1.66 bits per heavy atom. The Hall–Kier alpha value is -5.41. The first-order valence-corrected chi connectivity index (χ1v) is 22.0. The minimum absolute atomic E-state index is 0.00461. The number of benzene rings is 2. The summed E-state index contributed by atoms with van der Waals surface area (Å²) in [5, 5.41) is 16.3. The number of fused-ring (bicyclic) bond motifs is 2. The van der Waals surface area contributed by atoms with Crippen LogP contribution in [-0.2, 0) is 43.9 Å². The summed E-state index contributed by atoms with van der Waals surface area (Å²) in [6.45, 7) is 3.17. The average molecular weight is 859 g/mol. The lowest BCUT2D eigenvalue weighted by Crippen LogP contribution is -2.60. The molecule has 2 heterocycles. The van der Waals surface area contributed by atoms with E-state index in [-0.39, 0.29) is 37.8 Å². The van der Waals surface area contributed by atoms with Crippen molar-refractivity contribution >= 4 is 55.5 Å². The Labute approximate surface area is 341 Å². The molecule has 2 aliphatic heterocycles. The molecule has 4 amide bonds. The van der Waals surface area contributed by atoms with E-state index in [1.54, 1.807) is 51.1 Å². The lowest BCUT2D eigenvalue weighted by molar-refractivity contribution is -0.387. The molecule has 3 fully saturated rings. The van der Waals surface area contributed by atoms with Crippen LogP contribution in [0.5, 0.6) is 0 Å². The van der Waals surface area contributed by atoms with Gasteiger partial charge in [-0.2, -0.15) is 4.31 Å². The summed E-state index contributed by atoms with van der Waals surface area (Å²) in [7, 11) is -8.81. The summed E-state index contributed by atoms with van der Waals surface area (Å²) in [6, 6.07) is 9.30. The van der Waals surface area contributed by atoms with Crippen molar-refractivity contribution in [2.75, 3.05) is 19.6 Å². The largest absolute Gasteiger partial charge is 0.457 e. The Morgan fingerprint density at radius 1 is 0.983 bits per heavy atom. The second-order valence-electron chi connectivity index (χ2n) is 15.9. The van der Waals surface area contributed by atoms with Crippen LogP contribution in [0.25, 0.3) is 0 Å². The maximum Gasteiger partial charge on any atom is 0.408 e. The molecular formula is C38H46N6O13S2.